The Morgan fingerprint density at radius 1 is 0.909 bits per heavy atom. The number of nitrogens with zero attached hydrogens (tertiary/aromatic N) is 2. The van der Waals surface area contributed by atoms with Crippen molar-refractivity contribution < 1.29 is 0 Å². The van der Waals surface area contributed by atoms with Crippen LogP contribution in [-0.2, 0) is 0 Å². The van der Waals surface area contributed by atoms with Crippen molar-refractivity contribution in [3.05, 3.63) is 0 Å². The van der Waals surface area contributed by atoms with Gasteiger partial charge in [0, 0.05) is 45.3 Å². The van der Waals surface area contributed by atoms with E-state index in [1.54, 1.807) is 0 Å². The monoisotopic (exact) mass is 307 g/mol. The van der Waals surface area contributed by atoms with Crippen LogP contribution in [0.2, 0.25) is 0 Å². The number of nitrogens with one attached hydrogen (secondary N) is 1. The Kier molecular flexibility index (Phi) is 5.47. The predicted octanol–water partition coefficient (Wildman–Crippen LogP) is 2.82. The molecule has 2 heterocycles. The Labute approximate surface area is 137 Å². The van der Waals surface area contributed by atoms with Crippen molar-refractivity contribution in [2.45, 2.75) is 58.9 Å². The van der Waals surface area contributed by atoms with Gasteiger partial charge in [0.1, 0.15) is 0 Å². The number of hydrogen-bond donors (Lipinski definition) is 1. The van der Waals surface area contributed by atoms with Crippen LogP contribution in [0.5, 0.6) is 0 Å². The summed E-state index contributed by atoms with van der Waals surface area (Å²) in [5, 5.41) is 3.51. The second-order valence-electron chi connectivity index (χ2n) is 9.07. The van der Waals surface area contributed by atoms with Gasteiger partial charge in [0.05, 0.1) is 0 Å². The van der Waals surface area contributed by atoms with E-state index in [1.165, 1.54) is 77.9 Å². The van der Waals surface area contributed by atoms with Crippen molar-refractivity contribution in [3.63, 3.8) is 0 Å². The van der Waals surface area contributed by atoms with Crippen molar-refractivity contribution in [1.29, 1.82) is 0 Å². The molecule has 0 radical (unpaired) electrons. The maximum absolute atomic E-state index is 3.51. The average Bonchev–Trinajstić information content (AvgIpc) is 3.02. The van der Waals surface area contributed by atoms with Crippen LogP contribution in [-0.4, -0.2) is 61.7 Å². The summed E-state index contributed by atoms with van der Waals surface area (Å²) < 4.78 is 0. The van der Waals surface area contributed by atoms with Gasteiger partial charge in [-0.15, -0.1) is 0 Å². The fourth-order valence-corrected chi connectivity index (χ4v) is 4.84. The van der Waals surface area contributed by atoms with Crippen LogP contribution in [0.3, 0.4) is 0 Å². The number of rotatable bonds is 3. The van der Waals surface area contributed by atoms with Gasteiger partial charge < -0.3 is 10.2 Å². The van der Waals surface area contributed by atoms with Crippen LogP contribution >= 0.6 is 0 Å². The molecule has 1 saturated carbocycles. The quantitative estimate of drug-likeness (QED) is 0.865. The standard InChI is InChI=1S/C19H37N3/c1-19(2,3)17-6-4-16(5-7-17)15-21-10-12-22(13-11-21)18-8-9-20-14-18/h16-18,20H,4-15H2,1-3H3. The van der Waals surface area contributed by atoms with Gasteiger partial charge in [0.2, 0.25) is 0 Å². The highest BCUT2D eigenvalue weighted by atomic mass is 15.3. The summed E-state index contributed by atoms with van der Waals surface area (Å²) in [4.78, 5) is 5.48. The smallest absolute Gasteiger partial charge is 0.0233 e. The lowest BCUT2D eigenvalue weighted by molar-refractivity contribution is 0.0740. The molecule has 3 nitrogen and oxygen atoms in total. The molecule has 1 atom stereocenters. The van der Waals surface area contributed by atoms with Crippen LogP contribution in [0.1, 0.15) is 52.9 Å². The Bertz CT molecular complexity index is 327. The lowest BCUT2D eigenvalue weighted by Gasteiger charge is -2.41. The van der Waals surface area contributed by atoms with E-state index in [1.807, 2.05) is 0 Å². The van der Waals surface area contributed by atoms with Crippen LogP contribution in [0.4, 0.5) is 0 Å². The Morgan fingerprint density at radius 2 is 1.59 bits per heavy atom. The molecule has 0 aromatic rings. The van der Waals surface area contributed by atoms with Crippen molar-refractivity contribution in [2.24, 2.45) is 17.3 Å². The molecule has 1 aliphatic carbocycles. The molecule has 2 aliphatic heterocycles. The first kappa shape index (κ1) is 16.7. The Balaban J connectivity index is 1.37. The first-order valence-corrected chi connectivity index (χ1v) is 9.69. The fraction of sp³-hybridized carbons (Fsp3) is 1.00. The largest absolute Gasteiger partial charge is 0.315 e. The molecule has 0 amide bonds. The first-order chi connectivity index (χ1) is 10.5. The maximum Gasteiger partial charge on any atom is 0.0233 e. The van der Waals surface area contributed by atoms with E-state index in [0.717, 1.165) is 17.9 Å². The van der Waals surface area contributed by atoms with Crippen molar-refractivity contribution in [1.82, 2.24) is 15.1 Å². The molecule has 128 valence electrons. The molecule has 1 N–H and O–H groups in total. The zero-order chi connectivity index (χ0) is 15.6. The molecular formula is C19H37N3. The highest BCUT2D eigenvalue weighted by molar-refractivity contribution is 4.86. The molecular weight excluding hydrogens is 270 g/mol. The number of piperazine rings is 1. The van der Waals surface area contributed by atoms with Gasteiger partial charge in [-0.05, 0) is 55.9 Å². The van der Waals surface area contributed by atoms with E-state index in [-0.39, 0.29) is 0 Å². The summed E-state index contributed by atoms with van der Waals surface area (Å²) in [6, 6.07) is 0.823. The minimum atomic E-state index is 0.520. The molecule has 3 heteroatoms. The topological polar surface area (TPSA) is 18.5 Å². The highest BCUT2D eigenvalue weighted by Crippen LogP contribution is 2.40. The van der Waals surface area contributed by atoms with Gasteiger partial charge in [-0.3, -0.25) is 4.90 Å². The summed E-state index contributed by atoms with van der Waals surface area (Å²) in [6.07, 6.45) is 7.21. The minimum absolute atomic E-state index is 0.520. The molecule has 22 heavy (non-hydrogen) atoms. The van der Waals surface area contributed by atoms with E-state index in [9.17, 15) is 0 Å². The van der Waals surface area contributed by atoms with Crippen LogP contribution in [0.25, 0.3) is 0 Å². The van der Waals surface area contributed by atoms with Crippen LogP contribution in [0.15, 0.2) is 0 Å². The summed E-state index contributed by atoms with van der Waals surface area (Å²) >= 11 is 0. The minimum Gasteiger partial charge on any atom is -0.315 e. The summed E-state index contributed by atoms with van der Waals surface area (Å²) in [7, 11) is 0. The van der Waals surface area contributed by atoms with Crippen molar-refractivity contribution in [3.8, 4) is 0 Å². The number of hydrogen-bond acceptors (Lipinski definition) is 3. The first-order valence-electron chi connectivity index (χ1n) is 9.69. The molecule has 3 aliphatic rings. The van der Waals surface area contributed by atoms with Gasteiger partial charge in [0.25, 0.3) is 0 Å². The zero-order valence-corrected chi connectivity index (χ0v) is 15.1. The second kappa shape index (κ2) is 7.19. The van der Waals surface area contributed by atoms with E-state index >= 15 is 0 Å². The summed E-state index contributed by atoms with van der Waals surface area (Å²) in [5.74, 6) is 1.92. The van der Waals surface area contributed by atoms with Crippen molar-refractivity contribution in [2.75, 3.05) is 45.8 Å². The molecule has 2 saturated heterocycles. The van der Waals surface area contributed by atoms with Crippen LogP contribution in [0, 0.1) is 17.3 Å². The van der Waals surface area contributed by atoms with Crippen molar-refractivity contribution >= 4 is 0 Å². The van der Waals surface area contributed by atoms with Gasteiger partial charge in [0.15, 0.2) is 0 Å². The van der Waals surface area contributed by atoms with E-state index in [2.05, 4.69) is 35.9 Å². The lowest BCUT2D eigenvalue weighted by Crippen LogP contribution is -2.51. The molecule has 0 aromatic carbocycles. The molecule has 0 aromatic heterocycles. The van der Waals surface area contributed by atoms with Gasteiger partial charge in [-0.2, -0.15) is 0 Å². The van der Waals surface area contributed by atoms with E-state index in [4.69, 9.17) is 0 Å². The van der Waals surface area contributed by atoms with Crippen LogP contribution < -0.4 is 5.32 Å². The predicted molar refractivity (Wildman–Crippen MR) is 94.2 cm³/mol. The van der Waals surface area contributed by atoms with E-state index < -0.39 is 0 Å². The summed E-state index contributed by atoms with van der Waals surface area (Å²) in [6.45, 7) is 16.3. The van der Waals surface area contributed by atoms with E-state index in [0.29, 0.717) is 5.41 Å². The average molecular weight is 308 g/mol. The SMILES string of the molecule is CC(C)(C)C1CCC(CN2CCN(C3CCNC3)CC2)CC1. The molecule has 3 fully saturated rings. The van der Waals surface area contributed by atoms with Gasteiger partial charge >= 0.3 is 0 Å². The molecule has 1 unspecified atom stereocenters. The Hall–Kier alpha value is -0.120. The third kappa shape index (κ3) is 4.24. The maximum atomic E-state index is 3.51. The molecule has 0 bridgehead atoms. The van der Waals surface area contributed by atoms with Gasteiger partial charge in [-0.25, -0.2) is 0 Å². The molecule has 0 spiro atoms. The Morgan fingerprint density at radius 3 is 2.14 bits per heavy atom. The normalized spacial score (nSPS) is 35.9. The second-order valence-corrected chi connectivity index (χ2v) is 9.07. The van der Waals surface area contributed by atoms with Gasteiger partial charge in [-0.1, -0.05) is 20.8 Å². The lowest BCUT2D eigenvalue weighted by atomic mass is 9.70. The third-order valence-electron chi connectivity index (χ3n) is 6.55. The molecule has 3 rings (SSSR count). The summed E-state index contributed by atoms with van der Waals surface area (Å²) in [5.41, 5.74) is 0.520. The fourth-order valence-electron chi connectivity index (χ4n) is 4.84. The zero-order valence-electron chi connectivity index (χ0n) is 15.1. The highest BCUT2D eigenvalue weighted by Gasteiger charge is 2.31. The third-order valence-corrected chi connectivity index (χ3v) is 6.55.